The summed E-state index contributed by atoms with van der Waals surface area (Å²) in [5.74, 6) is 0.342. The second kappa shape index (κ2) is 4.48. The first-order valence-corrected chi connectivity index (χ1v) is 4.58. The van der Waals surface area contributed by atoms with Gasteiger partial charge in [0.05, 0.1) is 34.6 Å². The fraction of sp³-hybridized carbons (Fsp3) is 0.250. The maximum absolute atomic E-state index is 10.6. The molecule has 1 aromatic carbocycles. The van der Waals surface area contributed by atoms with Crippen LogP contribution in [0.3, 0.4) is 0 Å². The zero-order valence-electron chi connectivity index (χ0n) is 7.29. The molecule has 0 aromatic heterocycles. The summed E-state index contributed by atoms with van der Waals surface area (Å²) in [7, 11) is 1.41. The van der Waals surface area contributed by atoms with Gasteiger partial charge >= 0.3 is 0 Å². The lowest BCUT2D eigenvalue weighted by Gasteiger charge is -2.05. The first-order valence-electron chi connectivity index (χ1n) is 3.67. The van der Waals surface area contributed by atoms with Crippen LogP contribution in [0, 0.1) is 10.1 Å². The van der Waals surface area contributed by atoms with Gasteiger partial charge in [-0.15, -0.1) is 11.6 Å². The molecule has 0 aliphatic carbocycles. The van der Waals surface area contributed by atoms with Gasteiger partial charge in [-0.2, -0.15) is 0 Å². The molecule has 14 heavy (non-hydrogen) atoms. The third kappa shape index (κ3) is 2.08. The van der Waals surface area contributed by atoms with E-state index in [1.54, 1.807) is 0 Å². The second-order valence-corrected chi connectivity index (χ2v) is 3.17. The highest BCUT2D eigenvalue weighted by atomic mass is 35.5. The molecule has 0 unspecified atom stereocenters. The van der Waals surface area contributed by atoms with Gasteiger partial charge < -0.3 is 4.74 Å². The van der Waals surface area contributed by atoms with Crippen LogP contribution >= 0.6 is 23.2 Å². The number of hydrogen-bond donors (Lipinski definition) is 0. The first kappa shape index (κ1) is 11.1. The van der Waals surface area contributed by atoms with Gasteiger partial charge in [0.15, 0.2) is 0 Å². The van der Waals surface area contributed by atoms with Gasteiger partial charge in [0.1, 0.15) is 5.75 Å². The Labute approximate surface area is 90.5 Å². The summed E-state index contributed by atoms with van der Waals surface area (Å²) in [6.45, 7) is 0. The van der Waals surface area contributed by atoms with E-state index in [2.05, 4.69) is 0 Å². The summed E-state index contributed by atoms with van der Waals surface area (Å²) < 4.78 is 4.85. The standard InChI is InChI=1S/C8H7Cl2NO3/c1-14-5-2-7(10)6(4-9)8(3-5)11(12)13/h2-3H,4H2,1H3. The maximum Gasteiger partial charge on any atom is 0.279 e. The van der Waals surface area contributed by atoms with E-state index < -0.39 is 4.92 Å². The van der Waals surface area contributed by atoms with Crippen molar-refractivity contribution in [2.75, 3.05) is 7.11 Å². The Balaban J connectivity index is 3.35. The van der Waals surface area contributed by atoms with Crippen molar-refractivity contribution in [3.05, 3.63) is 32.8 Å². The van der Waals surface area contributed by atoms with Gasteiger partial charge in [0, 0.05) is 0 Å². The summed E-state index contributed by atoms with van der Waals surface area (Å²) in [5.41, 5.74) is 0.184. The quantitative estimate of drug-likeness (QED) is 0.460. The molecule has 0 heterocycles. The highest BCUT2D eigenvalue weighted by Crippen LogP contribution is 2.32. The third-order valence-corrected chi connectivity index (χ3v) is 2.32. The van der Waals surface area contributed by atoms with Crippen molar-refractivity contribution in [1.29, 1.82) is 0 Å². The van der Waals surface area contributed by atoms with Crippen molar-refractivity contribution < 1.29 is 9.66 Å². The van der Waals surface area contributed by atoms with E-state index >= 15 is 0 Å². The van der Waals surface area contributed by atoms with Gasteiger partial charge in [0.2, 0.25) is 0 Å². The number of nitro groups is 1. The molecular formula is C8H7Cl2NO3. The number of methoxy groups -OCH3 is 1. The highest BCUT2D eigenvalue weighted by molar-refractivity contribution is 6.32. The lowest BCUT2D eigenvalue weighted by atomic mass is 10.2. The average molecular weight is 236 g/mol. The van der Waals surface area contributed by atoms with Gasteiger partial charge in [-0.3, -0.25) is 10.1 Å². The fourth-order valence-corrected chi connectivity index (χ4v) is 1.63. The molecular weight excluding hydrogens is 229 g/mol. The molecule has 0 amide bonds. The lowest BCUT2D eigenvalue weighted by molar-refractivity contribution is -0.385. The van der Waals surface area contributed by atoms with Crippen LogP contribution in [0.5, 0.6) is 5.75 Å². The predicted octanol–water partition coefficient (Wildman–Crippen LogP) is 3.00. The van der Waals surface area contributed by atoms with Crippen LogP contribution in [0.15, 0.2) is 12.1 Å². The number of rotatable bonds is 3. The minimum atomic E-state index is -0.536. The van der Waals surface area contributed by atoms with E-state index in [0.29, 0.717) is 11.3 Å². The average Bonchev–Trinajstić information content (AvgIpc) is 2.16. The van der Waals surface area contributed by atoms with E-state index in [9.17, 15) is 10.1 Å². The normalized spacial score (nSPS) is 9.93. The van der Waals surface area contributed by atoms with Crippen molar-refractivity contribution >= 4 is 28.9 Å². The van der Waals surface area contributed by atoms with Crippen LogP contribution in [0.25, 0.3) is 0 Å². The second-order valence-electron chi connectivity index (χ2n) is 2.50. The smallest absolute Gasteiger partial charge is 0.279 e. The highest BCUT2D eigenvalue weighted by Gasteiger charge is 2.18. The fourth-order valence-electron chi connectivity index (χ4n) is 1.01. The van der Waals surface area contributed by atoms with Crippen LogP contribution in [0.4, 0.5) is 5.69 Å². The summed E-state index contributed by atoms with van der Waals surface area (Å²) in [5, 5.41) is 10.9. The molecule has 0 fully saturated rings. The lowest BCUT2D eigenvalue weighted by Crippen LogP contribution is -1.96. The van der Waals surface area contributed by atoms with Gasteiger partial charge in [0.25, 0.3) is 5.69 Å². The van der Waals surface area contributed by atoms with Gasteiger partial charge in [-0.05, 0) is 6.07 Å². The van der Waals surface area contributed by atoms with E-state index in [4.69, 9.17) is 27.9 Å². The molecule has 76 valence electrons. The third-order valence-electron chi connectivity index (χ3n) is 1.71. The molecule has 0 aliphatic heterocycles. The van der Waals surface area contributed by atoms with Gasteiger partial charge in [-0.1, -0.05) is 11.6 Å². The summed E-state index contributed by atoms with van der Waals surface area (Å²) >= 11 is 11.3. The number of benzene rings is 1. The zero-order chi connectivity index (χ0) is 10.7. The number of hydrogen-bond acceptors (Lipinski definition) is 3. The van der Waals surface area contributed by atoms with Crippen molar-refractivity contribution in [2.45, 2.75) is 5.88 Å². The Morgan fingerprint density at radius 2 is 2.21 bits per heavy atom. The Bertz CT molecular complexity index is 368. The summed E-state index contributed by atoms with van der Waals surface area (Å²) in [6, 6.07) is 2.79. The van der Waals surface area contributed by atoms with Crippen LogP contribution in [0.2, 0.25) is 5.02 Å². The number of nitro benzene ring substituents is 1. The summed E-state index contributed by atoms with van der Waals surface area (Å²) in [4.78, 5) is 10.1. The van der Waals surface area contributed by atoms with E-state index in [0.717, 1.165) is 0 Å². The number of halogens is 2. The van der Waals surface area contributed by atoms with E-state index in [1.165, 1.54) is 19.2 Å². The largest absolute Gasteiger partial charge is 0.496 e. The molecule has 0 radical (unpaired) electrons. The van der Waals surface area contributed by atoms with Crippen molar-refractivity contribution in [3.63, 3.8) is 0 Å². The molecule has 4 nitrogen and oxygen atoms in total. The Kier molecular flexibility index (Phi) is 3.55. The molecule has 0 bridgehead atoms. The topological polar surface area (TPSA) is 52.4 Å². The van der Waals surface area contributed by atoms with Crippen molar-refractivity contribution in [1.82, 2.24) is 0 Å². The molecule has 6 heteroatoms. The molecule has 1 aromatic rings. The zero-order valence-corrected chi connectivity index (χ0v) is 8.80. The Hall–Kier alpha value is -1.00. The maximum atomic E-state index is 10.6. The molecule has 0 atom stereocenters. The summed E-state index contributed by atoms with van der Waals surface area (Å²) in [6.07, 6.45) is 0. The molecule has 0 aliphatic rings. The number of ether oxygens (including phenoxy) is 1. The molecule has 0 saturated heterocycles. The number of alkyl halides is 1. The van der Waals surface area contributed by atoms with Crippen LogP contribution in [0.1, 0.15) is 5.56 Å². The molecule has 0 saturated carbocycles. The molecule has 0 spiro atoms. The number of nitrogens with zero attached hydrogens (tertiary/aromatic N) is 1. The SMILES string of the molecule is COc1cc(Cl)c(CCl)c([N+](=O)[O-])c1. The van der Waals surface area contributed by atoms with E-state index in [-0.39, 0.29) is 16.6 Å². The van der Waals surface area contributed by atoms with Crippen LogP contribution in [-0.2, 0) is 5.88 Å². The molecule has 1 rings (SSSR count). The van der Waals surface area contributed by atoms with Gasteiger partial charge in [-0.25, -0.2) is 0 Å². The predicted molar refractivity (Wildman–Crippen MR) is 54.2 cm³/mol. The van der Waals surface area contributed by atoms with Crippen LogP contribution in [-0.4, -0.2) is 12.0 Å². The van der Waals surface area contributed by atoms with E-state index in [1.807, 2.05) is 0 Å². The monoisotopic (exact) mass is 235 g/mol. The minimum absolute atomic E-state index is 0.000852. The Morgan fingerprint density at radius 3 is 2.64 bits per heavy atom. The Morgan fingerprint density at radius 1 is 1.57 bits per heavy atom. The van der Waals surface area contributed by atoms with Crippen molar-refractivity contribution in [2.24, 2.45) is 0 Å². The first-order chi connectivity index (χ1) is 6.60. The molecule has 0 N–H and O–H groups in total. The van der Waals surface area contributed by atoms with Crippen LogP contribution < -0.4 is 4.74 Å². The minimum Gasteiger partial charge on any atom is -0.496 e. The van der Waals surface area contributed by atoms with Crippen molar-refractivity contribution in [3.8, 4) is 5.75 Å².